The maximum atomic E-state index is 9.64. The van der Waals surface area contributed by atoms with Gasteiger partial charge in [0.15, 0.2) is 0 Å². The molecule has 0 spiro atoms. The van der Waals surface area contributed by atoms with Crippen LogP contribution in [0.4, 0.5) is 0 Å². The molecule has 0 bridgehead atoms. The van der Waals surface area contributed by atoms with Gasteiger partial charge in [-0.3, -0.25) is 0 Å². The number of benzene rings is 2. The van der Waals surface area contributed by atoms with Gasteiger partial charge in [0.05, 0.1) is 9.50 Å². The first-order valence-electron chi connectivity index (χ1n) is 6.24. The Labute approximate surface area is 132 Å². The standard InChI is InChI=1S/C16H16BrClO2/c1-16(2,3)10-4-7-15(13(18)8-10)20-11-5-6-12(17)14(19)9-11/h4-9,19H,1-3H3. The van der Waals surface area contributed by atoms with Crippen LogP contribution in [0.5, 0.6) is 17.2 Å². The fourth-order valence-electron chi connectivity index (χ4n) is 1.73. The van der Waals surface area contributed by atoms with E-state index in [1.807, 2.05) is 18.2 Å². The number of phenolic OH excluding ortho intramolecular Hbond substituents is 1. The highest BCUT2D eigenvalue weighted by molar-refractivity contribution is 9.10. The molecule has 20 heavy (non-hydrogen) atoms. The van der Waals surface area contributed by atoms with Gasteiger partial charge in [-0.05, 0) is 51.2 Å². The summed E-state index contributed by atoms with van der Waals surface area (Å²) in [7, 11) is 0. The molecule has 0 unspecified atom stereocenters. The summed E-state index contributed by atoms with van der Waals surface area (Å²) in [5.74, 6) is 1.24. The Morgan fingerprint density at radius 3 is 2.35 bits per heavy atom. The van der Waals surface area contributed by atoms with Gasteiger partial charge in [0.1, 0.15) is 17.2 Å². The molecule has 2 nitrogen and oxygen atoms in total. The van der Waals surface area contributed by atoms with Crippen LogP contribution in [0.15, 0.2) is 40.9 Å². The molecule has 0 heterocycles. The maximum Gasteiger partial charge on any atom is 0.146 e. The van der Waals surface area contributed by atoms with Crippen LogP contribution in [0.1, 0.15) is 26.3 Å². The monoisotopic (exact) mass is 354 g/mol. The molecular weight excluding hydrogens is 340 g/mol. The number of hydrogen-bond donors (Lipinski definition) is 1. The molecule has 2 aromatic rings. The molecule has 0 aromatic heterocycles. The number of phenols is 1. The summed E-state index contributed by atoms with van der Waals surface area (Å²) in [6.45, 7) is 6.39. The van der Waals surface area contributed by atoms with E-state index in [-0.39, 0.29) is 11.2 Å². The Kier molecular flexibility index (Phi) is 4.31. The Morgan fingerprint density at radius 2 is 1.80 bits per heavy atom. The SMILES string of the molecule is CC(C)(C)c1ccc(Oc2ccc(Br)c(O)c2)c(Cl)c1. The molecule has 106 valence electrons. The van der Waals surface area contributed by atoms with Crippen molar-refractivity contribution >= 4 is 27.5 Å². The first kappa shape index (κ1) is 15.2. The van der Waals surface area contributed by atoms with E-state index in [0.29, 0.717) is 21.0 Å². The van der Waals surface area contributed by atoms with Gasteiger partial charge in [-0.25, -0.2) is 0 Å². The van der Waals surface area contributed by atoms with Crippen molar-refractivity contribution in [3.63, 3.8) is 0 Å². The highest BCUT2D eigenvalue weighted by Gasteiger charge is 2.15. The van der Waals surface area contributed by atoms with Crippen molar-refractivity contribution in [2.45, 2.75) is 26.2 Å². The van der Waals surface area contributed by atoms with Gasteiger partial charge in [-0.15, -0.1) is 0 Å². The number of halogens is 2. The fourth-order valence-corrected chi connectivity index (χ4v) is 2.20. The third-order valence-corrected chi connectivity index (χ3v) is 3.91. The lowest BCUT2D eigenvalue weighted by atomic mass is 9.87. The van der Waals surface area contributed by atoms with E-state index in [1.54, 1.807) is 12.1 Å². The van der Waals surface area contributed by atoms with E-state index >= 15 is 0 Å². The molecule has 0 amide bonds. The summed E-state index contributed by atoms with van der Waals surface area (Å²) in [6.07, 6.45) is 0. The lowest BCUT2D eigenvalue weighted by molar-refractivity contribution is 0.452. The van der Waals surface area contributed by atoms with E-state index in [9.17, 15) is 5.11 Å². The summed E-state index contributed by atoms with van der Waals surface area (Å²) in [5.41, 5.74) is 1.19. The molecule has 1 N–H and O–H groups in total. The second-order valence-electron chi connectivity index (χ2n) is 5.61. The Balaban J connectivity index is 2.28. The number of rotatable bonds is 2. The summed E-state index contributed by atoms with van der Waals surface area (Å²) in [4.78, 5) is 0. The minimum atomic E-state index is 0.0397. The van der Waals surface area contributed by atoms with Crippen LogP contribution in [0.25, 0.3) is 0 Å². The van der Waals surface area contributed by atoms with Crippen molar-refractivity contribution in [2.24, 2.45) is 0 Å². The van der Waals surface area contributed by atoms with Gasteiger partial charge in [0.25, 0.3) is 0 Å². The maximum absolute atomic E-state index is 9.64. The predicted molar refractivity (Wildman–Crippen MR) is 86.0 cm³/mol. The zero-order valence-electron chi connectivity index (χ0n) is 11.6. The second-order valence-corrected chi connectivity index (χ2v) is 6.87. The van der Waals surface area contributed by atoms with E-state index in [2.05, 4.69) is 36.7 Å². The first-order valence-corrected chi connectivity index (χ1v) is 7.41. The van der Waals surface area contributed by atoms with E-state index in [0.717, 1.165) is 5.56 Å². The highest BCUT2D eigenvalue weighted by atomic mass is 79.9. The summed E-state index contributed by atoms with van der Waals surface area (Å²) in [5, 5.41) is 10.2. The predicted octanol–water partition coefficient (Wildman–Crippen LogP) is 5.90. The van der Waals surface area contributed by atoms with Crippen molar-refractivity contribution in [3.05, 3.63) is 51.5 Å². The van der Waals surface area contributed by atoms with Gasteiger partial charge in [0.2, 0.25) is 0 Å². The van der Waals surface area contributed by atoms with Gasteiger partial charge in [-0.1, -0.05) is 38.4 Å². The molecule has 0 saturated heterocycles. The molecule has 0 aliphatic heterocycles. The highest BCUT2D eigenvalue weighted by Crippen LogP contribution is 2.36. The average Bonchev–Trinajstić information content (AvgIpc) is 2.35. The molecule has 0 radical (unpaired) electrons. The Morgan fingerprint density at radius 1 is 1.10 bits per heavy atom. The molecule has 0 aliphatic carbocycles. The third-order valence-electron chi connectivity index (χ3n) is 2.94. The van der Waals surface area contributed by atoms with Crippen molar-refractivity contribution in [3.8, 4) is 17.2 Å². The zero-order valence-corrected chi connectivity index (χ0v) is 13.9. The van der Waals surface area contributed by atoms with Crippen molar-refractivity contribution < 1.29 is 9.84 Å². The largest absolute Gasteiger partial charge is 0.507 e. The molecule has 0 fully saturated rings. The van der Waals surface area contributed by atoms with E-state index in [4.69, 9.17) is 16.3 Å². The minimum absolute atomic E-state index is 0.0397. The topological polar surface area (TPSA) is 29.5 Å². The molecule has 0 atom stereocenters. The van der Waals surface area contributed by atoms with Crippen LogP contribution >= 0.6 is 27.5 Å². The number of aromatic hydroxyl groups is 1. The average molecular weight is 356 g/mol. The zero-order chi connectivity index (χ0) is 14.9. The Bertz CT molecular complexity index is 633. The summed E-state index contributed by atoms with van der Waals surface area (Å²) in [6, 6.07) is 10.8. The number of ether oxygens (including phenoxy) is 1. The van der Waals surface area contributed by atoms with E-state index < -0.39 is 0 Å². The Hall–Kier alpha value is -1.19. The summed E-state index contributed by atoms with van der Waals surface area (Å²) >= 11 is 9.49. The smallest absolute Gasteiger partial charge is 0.146 e. The molecule has 0 aliphatic rings. The van der Waals surface area contributed by atoms with Crippen LogP contribution in [0.2, 0.25) is 5.02 Å². The van der Waals surface area contributed by atoms with Crippen LogP contribution in [0, 0.1) is 0 Å². The quantitative estimate of drug-likeness (QED) is 0.727. The first-order chi connectivity index (χ1) is 9.27. The van der Waals surface area contributed by atoms with Crippen LogP contribution in [0.3, 0.4) is 0 Å². The third kappa shape index (κ3) is 3.47. The lowest BCUT2D eigenvalue weighted by Crippen LogP contribution is -2.10. The van der Waals surface area contributed by atoms with Crippen molar-refractivity contribution in [2.75, 3.05) is 0 Å². The lowest BCUT2D eigenvalue weighted by Gasteiger charge is -2.20. The van der Waals surface area contributed by atoms with Gasteiger partial charge >= 0.3 is 0 Å². The van der Waals surface area contributed by atoms with Crippen LogP contribution < -0.4 is 4.74 Å². The van der Waals surface area contributed by atoms with Gasteiger partial charge in [0, 0.05) is 6.07 Å². The van der Waals surface area contributed by atoms with Gasteiger partial charge in [-0.2, -0.15) is 0 Å². The summed E-state index contributed by atoms with van der Waals surface area (Å²) < 4.78 is 6.32. The van der Waals surface area contributed by atoms with Gasteiger partial charge < -0.3 is 9.84 Å². The normalized spacial score (nSPS) is 11.4. The molecule has 4 heteroatoms. The second kappa shape index (κ2) is 5.66. The molecule has 2 rings (SSSR count). The van der Waals surface area contributed by atoms with Crippen LogP contribution in [-0.2, 0) is 5.41 Å². The van der Waals surface area contributed by atoms with Crippen LogP contribution in [-0.4, -0.2) is 5.11 Å². The molecule has 2 aromatic carbocycles. The molecular formula is C16H16BrClO2. The fraction of sp³-hybridized carbons (Fsp3) is 0.250. The van der Waals surface area contributed by atoms with E-state index in [1.165, 1.54) is 6.07 Å². The van der Waals surface area contributed by atoms with Crippen molar-refractivity contribution in [1.82, 2.24) is 0 Å². The minimum Gasteiger partial charge on any atom is -0.507 e. The number of hydrogen-bond acceptors (Lipinski definition) is 2. The van der Waals surface area contributed by atoms with Crippen molar-refractivity contribution in [1.29, 1.82) is 0 Å². The molecule has 0 saturated carbocycles.